The lowest BCUT2D eigenvalue weighted by Crippen LogP contribution is -2.51. The number of ether oxygens (including phenoxy) is 1. The Bertz CT molecular complexity index is 630. The van der Waals surface area contributed by atoms with E-state index >= 15 is 0 Å². The van der Waals surface area contributed by atoms with Gasteiger partial charge in [0.15, 0.2) is 6.10 Å². The predicted molar refractivity (Wildman–Crippen MR) is 75.7 cm³/mol. The third kappa shape index (κ3) is 3.22. The lowest BCUT2D eigenvalue weighted by atomic mass is 10.1. The molecule has 0 aliphatic carbocycles. The molecule has 0 aromatic heterocycles. The Balaban J connectivity index is 2.25. The lowest BCUT2D eigenvalue weighted by Gasteiger charge is -2.34. The van der Waals surface area contributed by atoms with Gasteiger partial charge in [0.2, 0.25) is 0 Å². The van der Waals surface area contributed by atoms with Crippen LogP contribution in [0.25, 0.3) is 0 Å². The highest BCUT2D eigenvalue weighted by molar-refractivity contribution is 5.95. The molecule has 1 N–H and O–H groups in total. The quantitative estimate of drug-likeness (QED) is 0.664. The molecule has 0 radical (unpaired) electrons. The van der Waals surface area contributed by atoms with Gasteiger partial charge in [0.1, 0.15) is 0 Å². The lowest BCUT2D eigenvalue weighted by molar-refractivity contribution is -0.385. The minimum atomic E-state index is -1.14. The highest BCUT2D eigenvalue weighted by atomic mass is 16.6. The molecule has 1 aliphatic heterocycles. The monoisotopic (exact) mass is 308 g/mol. The first-order valence-corrected chi connectivity index (χ1v) is 6.72. The summed E-state index contributed by atoms with van der Waals surface area (Å²) >= 11 is 0. The number of nitrogens with zero attached hydrogens (tertiary/aromatic N) is 2. The third-order valence-electron chi connectivity index (χ3n) is 3.48. The minimum absolute atomic E-state index is 0.0832. The van der Waals surface area contributed by atoms with Crippen molar-refractivity contribution in [3.05, 3.63) is 39.4 Å². The summed E-state index contributed by atoms with van der Waals surface area (Å²) in [5.41, 5.74) is 0.484. The second-order valence-electron chi connectivity index (χ2n) is 5.24. The number of carbonyl (C=O) groups is 2. The van der Waals surface area contributed by atoms with E-state index in [1.165, 1.54) is 23.1 Å². The van der Waals surface area contributed by atoms with E-state index in [0.717, 1.165) is 0 Å². The van der Waals surface area contributed by atoms with Crippen molar-refractivity contribution in [3.8, 4) is 0 Å². The Labute approximate surface area is 126 Å². The zero-order valence-corrected chi connectivity index (χ0v) is 12.2. The number of nitro groups is 1. The Kier molecular flexibility index (Phi) is 4.41. The number of carboxylic acids is 1. The summed E-state index contributed by atoms with van der Waals surface area (Å²) in [6, 6.07) is 4.22. The van der Waals surface area contributed by atoms with Gasteiger partial charge < -0.3 is 14.7 Å². The molecule has 0 spiro atoms. The summed E-state index contributed by atoms with van der Waals surface area (Å²) < 4.78 is 5.24. The van der Waals surface area contributed by atoms with Gasteiger partial charge in [-0.1, -0.05) is 6.07 Å². The minimum Gasteiger partial charge on any atom is -0.479 e. The summed E-state index contributed by atoms with van der Waals surface area (Å²) in [4.78, 5) is 35.2. The van der Waals surface area contributed by atoms with E-state index in [0.29, 0.717) is 5.56 Å². The van der Waals surface area contributed by atoms with E-state index in [9.17, 15) is 19.7 Å². The Morgan fingerprint density at radius 3 is 2.68 bits per heavy atom. The fraction of sp³-hybridized carbons (Fsp3) is 0.429. The van der Waals surface area contributed by atoms with Crippen LogP contribution in [0.4, 0.5) is 5.69 Å². The zero-order chi connectivity index (χ0) is 16.4. The molecular formula is C14H16N2O6. The average Bonchev–Trinajstić information content (AvgIpc) is 2.46. The van der Waals surface area contributed by atoms with E-state index < -0.39 is 29.0 Å². The number of hydrogen-bond donors (Lipinski definition) is 1. The molecule has 1 fully saturated rings. The van der Waals surface area contributed by atoms with Crippen LogP contribution in [0.2, 0.25) is 0 Å². The van der Waals surface area contributed by atoms with Crippen LogP contribution in [0.15, 0.2) is 18.2 Å². The van der Waals surface area contributed by atoms with Crippen molar-refractivity contribution in [2.75, 3.05) is 13.1 Å². The number of morpholine rings is 1. The van der Waals surface area contributed by atoms with Gasteiger partial charge in [0.25, 0.3) is 11.6 Å². The van der Waals surface area contributed by atoms with Gasteiger partial charge in [-0.05, 0) is 19.9 Å². The Morgan fingerprint density at radius 1 is 1.41 bits per heavy atom. The number of nitro benzene ring substituents is 1. The molecule has 22 heavy (non-hydrogen) atoms. The summed E-state index contributed by atoms with van der Waals surface area (Å²) in [7, 11) is 0. The topological polar surface area (TPSA) is 110 Å². The van der Waals surface area contributed by atoms with Gasteiger partial charge in [0, 0.05) is 23.7 Å². The van der Waals surface area contributed by atoms with E-state index in [1.807, 2.05) is 0 Å². The van der Waals surface area contributed by atoms with Crippen LogP contribution in [0.5, 0.6) is 0 Å². The Morgan fingerprint density at radius 2 is 2.09 bits per heavy atom. The molecular weight excluding hydrogens is 292 g/mol. The maximum atomic E-state index is 12.5. The van der Waals surface area contributed by atoms with Crippen LogP contribution >= 0.6 is 0 Å². The molecule has 0 bridgehead atoms. The zero-order valence-electron chi connectivity index (χ0n) is 12.2. The normalized spacial score (nSPS) is 21.5. The molecule has 1 aliphatic rings. The first-order valence-electron chi connectivity index (χ1n) is 6.72. The number of carbonyl (C=O) groups excluding carboxylic acids is 1. The second kappa shape index (κ2) is 6.10. The summed E-state index contributed by atoms with van der Waals surface area (Å²) in [5.74, 6) is -1.58. The number of rotatable bonds is 3. The van der Waals surface area contributed by atoms with Crippen LogP contribution in [-0.4, -0.2) is 52.1 Å². The van der Waals surface area contributed by atoms with E-state index in [1.54, 1.807) is 13.8 Å². The molecule has 2 atom stereocenters. The molecule has 1 unspecified atom stereocenters. The van der Waals surface area contributed by atoms with Gasteiger partial charge in [-0.25, -0.2) is 4.79 Å². The fourth-order valence-corrected chi connectivity index (χ4v) is 2.38. The molecule has 1 saturated heterocycles. The average molecular weight is 308 g/mol. The molecule has 2 rings (SSSR count). The van der Waals surface area contributed by atoms with E-state index in [-0.39, 0.29) is 24.3 Å². The highest BCUT2D eigenvalue weighted by Crippen LogP contribution is 2.21. The van der Waals surface area contributed by atoms with Crippen molar-refractivity contribution >= 4 is 17.6 Å². The van der Waals surface area contributed by atoms with Gasteiger partial charge in [0.05, 0.1) is 17.6 Å². The van der Waals surface area contributed by atoms with Gasteiger partial charge in [-0.15, -0.1) is 0 Å². The van der Waals surface area contributed by atoms with Gasteiger partial charge in [-0.3, -0.25) is 14.9 Å². The number of aryl methyl sites for hydroxylation is 1. The maximum Gasteiger partial charge on any atom is 0.334 e. The van der Waals surface area contributed by atoms with E-state index in [4.69, 9.17) is 9.84 Å². The first kappa shape index (κ1) is 15.9. The van der Waals surface area contributed by atoms with Crippen molar-refractivity contribution in [2.24, 2.45) is 0 Å². The van der Waals surface area contributed by atoms with Crippen LogP contribution < -0.4 is 0 Å². The van der Waals surface area contributed by atoms with Crippen molar-refractivity contribution < 1.29 is 24.4 Å². The number of hydrogen-bond acceptors (Lipinski definition) is 5. The largest absolute Gasteiger partial charge is 0.479 e. The molecule has 1 aromatic carbocycles. The van der Waals surface area contributed by atoms with Crippen LogP contribution in [0.3, 0.4) is 0 Å². The predicted octanol–water partition coefficient (Wildman–Crippen LogP) is 1.22. The second-order valence-corrected chi connectivity index (χ2v) is 5.24. The fourth-order valence-electron chi connectivity index (χ4n) is 2.38. The number of amides is 1. The molecule has 8 heteroatoms. The number of aliphatic carboxylic acids is 1. The van der Waals surface area contributed by atoms with Crippen molar-refractivity contribution in [1.82, 2.24) is 4.90 Å². The first-order chi connectivity index (χ1) is 10.3. The van der Waals surface area contributed by atoms with Gasteiger partial charge in [-0.2, -0.15) is 0 Å². The van der Waals surface area contributed by atoms with Crippen molar-refractivity contribution in [1.29, 1.82) is 0 Å². The van der Waals surface area contributed by atoms with Crippen molar-refractivity contribution in [2.45, 2.75) is 26.1 Å². The summed E-state index contributed by atoms with van der Waals surface area (Å²) in [6.07, 6.45) is -1.51. The summed E-state index contributed by atoms with van der Waals surface area (Å²) in [6.45, 7) is 3.42. The summed E-state index contributed by atoms with van der Waals surface area (Å²) in [5, 5.41) is 20.0. The Hall–Kier alpha value is -2.48. The van der Waals surface area contributed by atoms with Gasteiger partial charge >= 0.3 is 5.97 Å². The molecule has 1 amide bonds. The van der Waals surface area contributed by atoms with Crippen LogP contribution in [0, 0.1) is 17.0 Å². The smallest absolute Gasteiger partial charge is 0.334 e. The highest BCUT2D eigenvalue weighted by Gasteiger charge is 2.33. The van der Waals surface area contributed by atoms with Crippen LogP contribution in [-0.2, 0) is 9.53 Å². The SMILES string of the molecule is Cc1ccc(C(=O)N2CC(C(=O)O)O[C@H](C)C2)cc1[N+](=O)[O-]. The number of benzene rings is 1. The standard InChI is InChI=1S/C14H16N2O6/c1-8-3-4-10(5-11(8)16(20)21)13(17)15-6-9(2)22-12(7-15)14(18)19/h3-5,9,12H,6-7H2,1-2H3,(H,18,19)/t9-,12?/m1/s1. The molecule has 1 aromatic rings. The third-order valence-corrected chi connectivity index (χ3v) is 3.48. The molecule has 1 heterocycles. The molecule has 0 saturated carbocycles. The van der Waals surface area contributed by atoms with Crippen molar-refractivity contribution in [3.63, 3.8) is 0 Å². The molecule has 118 valence electrons. The van der Waals surface area contributed by atoms with Crippen LogP contribution in [0.1, 0.15) is 22.8 Å². The maximum absolute atomic E-state index is 12.5. The number of carboxylic acid groups (broad SMARTS) is 1. The van der Waals surface area contributed by atoms with E-state index in [2.05, 4.69) is 0 Å². The molecule has 8 nitrogen and oxygen atoms in total.